The highest BCUT2D eigenvalue weighted by atomic mass is 32.1. The maximum Gasteiger partial charge on any atom is 0.309 e. The topological polar surface area (TPSA) is 79.3 Å². The Labute approximate surface area is 126 Å². The molecule has 21 heavy (non-hydrogen) atoms. The third-order valence-corrected chi connectivity index (χ3v) is 3.80. The molecule has 0 aliphatic rings. The highest BCUT2D eigenvalue weighted by molar-refractivity contribution is 7.13. The van der Waals surface area contributed by atoms with E-state index in [-0.39, 0.29) is 18.2 Å². The van der Waals surface area contributed by atoms with Gasteiger partial charge in [-0.05, 0) is 11.5 Å². The van der Waals surface area contributed by atoms with Gasteiger partial charge in [0, 0.05) is 11.8 Å². The molecule has 0 spiro atoms. The maximum atomic E-state index is 12.0. The quantitative estimate of drug-likeness (QED) is 0.860. The first-order chi connectivity index (χ1) is 10.0. The number of hydrogen-bond donors (Lipinski definition) is 2. The second-order valence-electron chi connectivity index (χ2n) is 4.78. The van der Waals surface area contributed by atoms with Gasteiger partial charge in [0.1, 0.15) is 0 Å². The zero-order valence-corrected chi connectivity index (χ0v) is 12.4. The molecule has 0 saturated carbocycles. The summed E-state index contributed by atoms with van der Waals surface area (Å²) >= 11 is 1.24. The Hall–Kier alpha value is -2.21. The molecule has 1 aromatic heterocycles. The molecule has 110 valence electrons. The van der Waals surface area contributed by atoms with Crippen LogP contribution in [0.1, 0.15) is 30.5 Å². The molecular weight excluding hydrogens is 288 g/mol. The zero-order chi connectivity index (χ0) is 15.2. The summed E-state index contributed by atoms with van der Waals surface area (Å²) in [5, 5.41) is 13.5. The summed E-state index contributed by atoms with van der Waals surface area (Å²) in [4.78, 5) is 26.6. The number of benzene rings is 1. The number of hydrogen-bond acceptors (Lipinski definition) is 4. The van der Waals surface area contributed by atoms with Gasteiger partial charge in [-0.2, -0.15) is 0 Å². The highest BCUT2D eigenvalue weighted by Crippen LogP contribution is 2.21. The lowest BCUT2D eigenvalue weighted by Crippen LogP contribution is -2.14. The molecule has 1 atom stereocenters. The summed E-state index contributed by atoms with van der Waals surface area (Å²) in [6.07, 6.45) is 0.227. The molecule has 1 aromatic carbocycles. The Kier molecular flexibility index (Phi) is 5.05. The van der Waals surface area contributed by atoms with Crippen LogP contribution in [0.5, 0.6) is 0 Å². The molecule has 5 nitrogen and oxygen atoms in total. The largest absolute Gasteiger partial charge is 0.481 e. The number of rotatable bonds is 6. The van der Waals surface area contributed by atoms with E-state index in [4.69, 9.17) is 5.11 Å². The van der Waals surface area contributed by atoms with Crippen molar-refractivity contribution < 1.29 is 14.7 Å². The molecule has 2 N–H and O–H groups in total. The van der Waals surface area contributed by atoms with Gasteiger partial charge in [0.05, 0.1) is 12.1 Å². The fraction of sp³-hybridized carbons (Fsp3) is 0.267. The van der Waals surface area contributed by atoms with E-state index in [0.717, 1.165) is 5.56 Å². The summed E-state index contributed by atoms with van der Waals surface area (Å²) in [6.45, 7) is 1.99. The lowest BCUT2D eigenvalue weighted by molar-refractivity contribution is -0.136. The van der Waals surface area contributed by atoms with Crippen LogP contribution in [0.2, 0.25) is 0 Å². The van der Waals surface area contributed by atoms with Crippen LogP contribution in [0.3, 0.4) is 0 Å². The van der Waals surface area contributed by atoms with E-state index in [0.29, 0.717) is 17.2 Å². The smallest absolute Gasteiger partial charge is 0.309 e. The number of aromatic nitrogens is 1. The van der Waals surface area contributed by atoms with Gasteiger partial charge in [-0.25, -0.2) is 4.98 Å². The summed E-state index contributed by atoms with van der Waals surface area (Å²) < 4.78 is 0. The van der Waals surface area contributed by atoms with Gasteiger partial charge < -0.3 is 10.4 Å². The first kappa shape index (κ1) is 15.2. The third-order valence-electron chi connectivity index (χ3n) is 2.99. The van der Waals surface area contributed by atoms with Gasteiger partial charge in [0.25, 0.3) is 0 Å². The number of aliphatic carboxylic acids is 1. The van der Waals surface area contributed by atoms with Crippen LogP contribution in [0.15, 0.2) is 35.7 Å². The number of carboxylic acids is 1. The Balaban J connectivity index is 1.89. The van der Waals surface area contributed by atoms with Crippen LogP contribution in [0, 0.1) is 0 Å². The van der Waals surface area contributed by atoms with Gasteiger partial charge in [-0.1, -0.05) is 37.3 Å². The second kappa shape index (κ2) is 6.99. The number of amides is 1. The van der Waals surface area contributed by atoms with E-state index in [1.54, 1.807) is 5.38 Å². The van der Waals surface area contributed by atoms with Gasteiger partial charge in [-0.15, -0.1) is 11.3 Å². The summed E-state index contributed by atoms with van der Waals surface area (Å²) in [5.74, 6) is -0.942. The predicted molar refractivity (Wildman–Crippen MR) is 81.6 cm³/mol. The van der Waals surface area contributed by atoms with Crippen molar-refractivity contribution in [3.8, 4) is 0 Å². The molecule has 2 rings (SSSR count). The third kappa shape index (κ3) is 4.68. The first-order valence-corrected chi connectivity index (χ1v) is 7.43. The van der Waals surface area contributed by atoms with Crippen molar-refractivity contribution in [2.75, 3.05) is 5.32 Å². The van der Waals surface area contributed by atoms with E-state index >= 15 is 0 Å². The van der Waals surface area contributed by atoms with Crippen molar-refractivity contribution in [1.82, 2.24) is 4.98 Å². The fourth-order valence-electron chi connectivity index (χ4n) is 1.95. The van der Waals surface area contributed by atoms with Crippen molar-refractivity contribution in [1.29, 1.82) is 0 Å². The molecule has 6 heteroatoms. The van der Waals surface area contributed by atoms with Gasteiger partial charge in [0.15, 0.2) is 5.13 Å². The molecule has 0 aliphatic carbocycles. The first-order valence-electron chi connectivity index (χ1n) is 6.55. The maximum absolute atomic E-state index is 12.0. The standard InChI is InChI=1S/C15H16N2O3S/c1-10(11-5-3-2-4-6-11)7-13(18)17-15-16-12(9-21-15)8-14(19)20/h2-6,9-10H,7-8H2,1H3,(H,19,20)(H,16,17,18)/t10-/m1/s1. The molecule has 1 amide bonds. The minimum atomic E-state index is -0.934. The van der Waals surface area contributed by atoms with Crippen LogP contribution >= 0.6 is 11.3 Å². The van der Waals surface area contributed by atoms with E-state index in [1.165, 1.54) is 11.3 Å². The Morgan fingerprint density at radius 3 is 2.71 bits per heavy atom. The normalized spacial score (nSPS) is 11.9. The molecule has 0 bridgehead atoms. The lowest BCUT2D eigenvalue weighted by Gasteiger charge is -2.10. The second-order valence-corrected chi connectivity index (χ2v) is 5.64. The SMILES string of the molecule is C[C@H](CC(=O)Nc1nc(CC(=O)O)cs1)c1ccccc1. The number of carboxylic acid groups (broad SMARTS) is 1. The van der Waals surface area contributed by atoms with Crippen LogP contribution in [-0.2, 0) is 16.0 Å². The van der Waals surface area contributed by atoms with Crippen LogP contribution in [0.4, 0.5) is 5.13 Å². The Morgan fingerprint density at radius 1 is 1.33 bits per heavy atom. The molecular formula is C15H16N2O3S. The van der Waals surface area contributed by atoms with Crippen molar-refractivity contribution in [3.05, 3.63) is 47.0 Å². The number of carbonyl (C=O) groups is 2. The van der Waals surface area contributed by atoms with Crippen LogP contribution < -0.4 is 5.32 Å². The molecule has 0 unspecified atom stereocenters. The van der Waals surface area contributed by atoms with Crippen molar-refractivity contribution in [2.45, 2.75) is 25.7 Å². The lowest BCUT2D eigenvalue weighted by atomic mass is 9.98. The van der Waals surface area contributed by atoms with Gasteiger partial charge >= 0.3 is 5.97 Å². The number of thiazole rings is 1. The Bertz CT molecular complexity index is 625. The highest BCUT2D eigenvalue weighted by Gasteiger charge is 2.13. The van der Waals surface area contributed by atoms with E-state index in [2.05, 4.69) is 10.3 Å². The molecule has 0 fully saturated rings. The molecule has 1 heterocycles. The van der Waals surface area contributed by atoms with Gasteiger partial charge in [0.2, 0.25) is 5.91 Å². The molecule has 0 radical (unpaired) electrons. The summed E-state index contributed by atoms with van der Waals surface area (Å²) in [7, 11) is 0. The average molecular weight is 304 g/mol. The number of carbonyl (C=O) groups excluding carboxylic acids is 1. The number of nitrogens with one attached hydrogen (secondary N) is 1. The van der Waals surface area contributed by atoms with Crippen molar-refractivity contribution >= 4 is 28.3 Å². The summed E-state index contributed by atoms with van der Waals surface area (Å²) in [5.41, 5.74) is 1.57. The van der Waals surface area contributed by atoms with Crippen molar-refractivity contribution in [2.24, 2.45) is 0 Å². The van der Waals surface area contributed by atoms with E-state index < -0.39 is 5.97 Å². The zero-order valence-electron chi connectivity index (χ0n) is 11.6. The molecule has 0 aliphatic heterocycles. The van der Waals surface area contributed by atoms with E-state index in [1.807, 2.05) is 37.3 Å². The predicted octanol–water partition coefficient (Wildman–Crippen LogP) is 2.90. The minimum Gasteiger partial charge on any atom is -0.481 e. The summed E-state index contributed by atoms with van der Waals surface area (Å²) in [6, 6.07) is 9.82. The van der Waals surface area contributed by atoms with Crippen LogP contribution in [0.25, 0.3) is 0 Å². The molecule has 0 saturated heterocycles. The number of anilines is 1. The Morgan fingerprint density at radius 2 is 2.05 bits per heavy atom. The van der Waals surface area contributed by atoms with Gasteiger partial charge in [-0.3, -0.25) is 9.59 Å². The van der Waals surface area contributed by atoms with Crippen LogP contribution in [-0.4, -0.2) is 22.0 Å². The van der Waals surface area contributed by atoms with Crippen molar-refractivity contribution in [3.63, 3.8) is 0 Å². The molecule has 2 aromatic rings. The fourth-order valence-corrected chi connectivity index (χ4v) is 2.67. The average Bonchev–Trinajstić information content (AvgIpc) is 2.85. The number of nitrogens with zero attached hydrogens (tertiary/aromatic N) is 1. The van der Waals surface area contributed by atoms with E-state index in [9.17, 15) is 9.59 Å². The minimum absolute atomic E-state index is 0.115. The monoisotopic (exact) mass is 304 g/mol.